The largest absolute Gasteiger partial charge is 0.462 e. The number of hydrogen-bond acceptors (Lipinski definition) is 6. The SMILES string of the molecule is CCOC(=O)c1c(-c2ccc(Cl)cc2)cc2c(SCC)nn(-c3ccccc3)c(=O)c2c1N. The van der Waals surface area contributed by atoms with Crippen LogP contribution in [0, 0.1) is 0 Å². The molecule has 0 unspecified atom stereocenters. The summed E-state index contributed by atoms with van der Waals surface area (Å²) < 4.78 is 6.63. The van der Waals surface area contributed by atoms with Gasteiger partial charge in [-0.3, -0.25) is 4.79 Å². The number of halogens is 1. The minimum Gasteiger partial charge on any atom is -0.462 e. The maximum Gasteiger partial charge on any atom is 0.340 e. The highest BCUT2D eigenvalue weighted by Crippen LogP contribution is 2.37. The quantitative estimate of drug-likeness (QED) is 0.221. The molecule has 2 N–H and O–H groups in total. The number of carbonyl (C=O) groups excluding carboxylic acids is 1. The normalized spacial score (nSPS) is 11.0. The van der Waals surface area contributed by atoms with Crippen molar-refractivity contribution in [3.8, 4) is 16.8 Å². The predicted octanol–water partition coefficient (Wildman–Crippen LogP) is 5.58. The average Bonchev–Trinajstić information content (AvgIpc) is 2.81. The Morgan fingerprint density at radius 1 is 1.12 bits per heavy atom. The summed E-state index contributed by atoms with van der Waals surface area (Å²) in [4.78, 5) is 26.6. The molecule has 8 heteroatoms. The summed E-state index contributed by atoms with van der Waals surface area (Å²) in [6.07, 6.45) is 0. The number of hydrogen-bond donors (Lipinski definition) is 1. The van der Waals surface area contributed by atoms with Crippen molar-refractivity contribution in [3.63, 3.8) is 0 Å². The minimum atomic E-state index is -0.589. The second-order valence-electron chi connectivity index (χ2n) is 7.15. The van der Waals surface area contributed by atoms with Gasteiger partial charge in [-0.25, -0.2) is 4.79 Å². The van der Waals surface area contributed by atoms with Crippen molar-refractivity contribution in [2.45, 2.75) is 18.9 Å². The summed E-state index contributed by atoms with van der Waals surface area (Å²) in [7, 11) is 0. The van der Waals surface area contributed by atoms with Gasteiger partial charge in [-0.1, -0.05) is 48.9 Å². The van der Waals surface area contributed by atoms with Gasteiger partial charge in [0, 0.05) is 10.4 Å². The molecule has 1 heterocycles. The third-order valence-corrected chi connectivity index (χ3v) is 6.23. The maximum absolute atomic E-state index is 13.6. The van der Waals surface area contributed by atoms with Gasteiger partial charge in [0.2, 0.25) is 0 Å². The number of nitrogens with two attached hydrogens (primary N) is 1. The molecule has 0 amide bonds. The maximum atomic E-state index is 13.6. The zero-order valence-corrected chi connectivity index (χ0v) is 19.7. The molecule has 0 saturated carbocycles. The zero-order chi connectivity index (χ0) is 23.5. The Morgan fingerprint density at radius 2 is 1.82 bits per heavy atom. The fraction of sp³-hybridized carbons (Fsp3) is 0.160. The Morgan fingerprint density at radius 3 is 2.45 bits per heavy atom. The topological polar surface area (TPSA) is 87.2 Å². The lowest BCUT2D eigenvalue weighted by Gasteiger charge is -2.17. The Labute approximate surface area is 200 Å². The van der Waals surface area contributed by atoms with Crippen LogP contribution in [0.25, 0.3) is 27.6 Å². The number of ether oxygens (including phenoxy) is 1. The highest BCUT2D eigenvalue weighted by molar-refractivity contribution is 7.99. The van der Waals surface area contributed by atoms with E-state index in [9.17, 15) is 9.59 Å². The van der Waals surface area contributed by atoms with Gasteiger partial charge in [0.1, 0.15) is 5.03 Å². The van der Waals surface area contributed by atoms with Crippen LogP contribution in [0.1, 0.15) is 24.2 Å². The van der Waals surface area contributed by atoms with Crippen LogP contribution in [0.5, 0.6) is 0 Å². The lowest BCUT2D eigenvalue weighted by atomic mass is 9.94. The van der Waals surface area contributed by atoms with Gasteiger partial charge >= 0.3 is 5.97 Å². The van der Waals surface area contributed by atoms with E-state index in [1.807, 2.05) is 25.1 Å². The smallest absolute Gasteiger partial charge is 0.340 e. The van der Waals surface area contributed by atoms with Crippen molar-refractivity contribution in [2.75, 3.05) is 18.1 Å². The molecule has 0 spiro atoms. The lowest BCUT2D eigenvalue weighted by Crippen LogP contribution is -2.24. The fourth-order valence-electron chi connectivity index (χ4n) is 3.67. The van der Waals surface area contributed by atoms with E-state index < -0.39 is 11.5 Å². The Bertz CT molecular complexity index is 1390. The Kier molecular flexibility index (Phi) is 6.72. The van der Waals surface area contributed by atoms with Gasteiger partial charge in [0.05, 0.1) is 28.9 Å². The molecule has 0 saturated heterocycles. The molecule has 1 aromatic heterocycles. The monoisotopic (exact) mass is 479 g/mol. The van der Waals surface area contributed by atoms with E-state index >= 15 is 0 Å². The molecule has 6 nitrogen and oxygen atoms in total. The molecule has 33 heavy (non-hydrogen) atoms. The van der Waals surface area contributed by atoms with Gasteiger partial charge in [-0.15, -0.1) is 11.8 Å². The first-order valence-corrected chi connectivity index (χ1v) is 11.8. The molecule has 168 valence electrons. The summed E-state index contributed by atoms with van der Waals surface area (Å²) in [5, 5.41) is 6.68. The number of esters is 1. The molecule has 0 aliphatic carbocycles. The third-order valence-electron chi connectivity index (χ3n) is 5.11. The number of para-hydroxylation sites is 1. The number of fused-ring (bicyclic) bond motifs is 1. The standard InChI is InChI=1S/C25H22ClN3O3S/c1-3-32-25(31)21-18(15-10-12-16(26)13-11-15)14-19-20(22(21)27)24(30)29(28-23(19)33-4-2)17-8-6-5-7-9-17/h5-14H,3-4,27H2,1-2H3. The second-order valence-corrected chi connectivity index (χ2v) is 8.84. The van der Waals surface area contributed by atoms with Gasteiger partial charge in [-0.05, 0) is 54.1 Å². The third kappa shape index (κ3) is 4.34. The van der Waals surface area contributed by atoms with E-state index in [1.54, 1.807) is 49.4 Å². The molecule has 0 fully saturated rings. The zero-order valence-electron chi connectivity index (χ0n) is 18.2. The predicted molar refractivity (Wildman–Crippen MR) is 135 cm³/mol. The lowest BCUT2D eigenvalue weighted by molar-refractivity contribution is 0.0528. The van der Waals surface area contributed by atoms with Crippen molar-refractivity contribution in [1.82, 2.24) is 9.78 Å². The molecule has 0 radical (unpaired) electrons. The van der Waals surface area contributed by atoms with Crippen LogP contribution in [0.4, 0.5) is 5.69 Å². The van der Waals surface area contributed by atoms with Gasteiger partial charge in [-0.2, -0.15) is 9.78 Å². The van der Waals surface area contributed by atoms with E-state index in [2.05, 4.69) is 5.10 Å². The van der Waals surface area contributed by atoms with Crippen LogP contribution in [-0.2, 0) is 4.74 Å². The van der Waals surface area contributed by atoms with Crippen LogP contribution in [0.15, 0.2) is 70.5 Å². The number of carbonyl (C=O) groups is 1. The molecular weight excluding hydrogens is 458 g/mol. The van der Waals surface area contributed by atoms with E-state index in [1.165, 1.54) is 16.4 Å². The second kappa shape index (κ2) is 9.68. The van der Waals surface area contributed by atoms with E-state index in [0.717, 1.165) is 11.3 Å². The van der Waals surface area contributed by atoms with Crippen LogP contribution in [-0.4, -0.2) is 28.1 Å². The molecule has 4 aromatic rings. The van der Waals surface area contributed by atoms with Gasteiger partial charge < -0.3 is 10.5 Å². The van der Waals surface area contributed by atoms with Crippen molar-refractivity contribution in [1.29, 1.82) is 0 Å². The molecule has 3 aromatic carbocycles. The minimum absolute atomic E-state index is 0.0749. The first-order chi connectivity index (χ1) is 16.0. The van der Waals surface area contributed by atoms with Crippen molar-refractivity contribution >= 4 is 45.8 Å². The van der Waals surface area contributed by atoms with E-state index in [4.69, 9.17) is 22.1 Å². The number of rotatable bonds is 6. The number of nitrogen functional groups attached to an aromatic ring is 1. The fourth-order valence-corrected chi connectivity index (χ4v) is 4.52. The number of aromatic nitrogens is 2. The first kappa shape index (κ1) is 22.9. The Balaban J connectivity index is 2.12. The summed E-state index contributed by atoms with van der Waals surface area (Å²) in [6, 6.07) is 18.0. The van der Waals surface area contributed by atoms with E-state index in [0.29, 0.717) is 26.7 Å². The highest BCUT2D eigenvalue weighted by atomic mass is 35.5. The molecule has 0 bridgehead atoms. The molecule has 0 atom stereocenters. The number of nitrogens with zero attached hydrogens (tertiary/aromatic N) is 2. The molecule has 0 aliphatic rings. The van der Waals surface area contributed by atoms with Gasteiger partial charge in [0.15, 0.2) is 0 Å². The van der Waals surface area contributed by atoms with E-state index in [-0.39, 0.29) is 23.2 Å². The molecule has 4 rings (SSSR count). The van der Waals surface area contributed by atoms with Crippen LogP contribution in [0.3, 0.4) is 0 Å². The Hall–Kier alpha value is -3.29. The number of anilines is 1. The number of thioether (sulfide) groups is 1. The van der Waals surface area contributed by atoms with Crippen molar-refractivity contribution < 1.29 is 9.53 Å². The summed E-state index contributed by atoms with van der Waals surface area (Å²) >= 11 is 7.56. The highest BCUT2D eigenvalue weighted by Gasteiger charge is 2.25. The van der Waals surface area contributed by atoms with Crippen molar-refractivity contribution in [2.24, 2.45) is 0 Å². The van der Waals surface area contributed by atoms with Crippen LogP contribution >= 0.6 is 23.4 Å². The van der Waals surface area contributed by atoms with Crippen molar-refractivity contribution in [3.05, 3.63) is 81.6 Å². The summed E-state index contributed by atoms with van der Waals surface area (Å²) in [5.74, 6) is 0.152. The number of benzene rings is 3. The van der Waals surface area contributed by atoms with Gasteiger partial charge in [0.25, 0.3) is 5.56 Å². The average molecular weight is 480 g/mol. The van der Waals surface area contributed by atoms with Crippen LogP contribution in [0.2, 0.25) is 5.02 Å². The molecule has 0 aliphatic heterocycles. The summed E-state index contributed by atoms with van der Waals surface area (Å²) in [6.45, 7) is 3.91. The molecular formula is C25H22ClN3O3S. The van der Waals surface area contributed by atoms with Crippen LogP contribution < -0.4 is 11.3 Å². The summed E-state index contributed by atoms with van der Waals surface area (Å²) in [5.41, 5.74) is 8.29. The first-order valence-electron chi connectivity index (χ1n) is 10.5.